The molecule has 0 radical (unpaired) electrons. The molecule has 0 aliphatic carbocycles. The number of nitrogens with zero attached hydrogens (tertiary/aromatic N) is 1. The molecular weight excluding hydrogens is 632 g/mol. The Morgan fingerprint density at radius 3 is 2.38 bits per heavy atom. The molecule has 1 aromatic heterocycles. The number of aromatic carboxylic acids is 1. The van der Waals surface area contributed by atoms with Crippen LogP contribution in [0.15, 0.2) is 96.2 Å². The van der Waals surface area contributed by atoms with Gasteiger partial charge < -0.3 is 29.7 Å². The van der Waals surface area contributed by atoms with Crippen LogP contribution in [0.1, 0.15) is 65.8 Å². The number of hydrogen-bond donors (Lipinski definition) is 3. The van der Waals surface area contributed by atoms with Gasteiger partial charge in [0.1, 0.15) is 5.03 Å². The maximum absolute atomic E-state index is 12.4. The van der Waals surface area contributed by atoms with Crippen molar-refractivity contribution in [1.29, 1.82) is 0 Å². The van der Waals surface area contributed by atoms with Crippen LogP contribution < -0.4 is 5.32 Å². The Balaban J connectivity index is 1.38. The maximum Gasteiger partial charge on any atom is 0.338 e. The number of pyridine rings is 1. The maximum atomic E-state index is 12.4. The van der Waals surface area contributed by atoms with E-state index in [0.29, 0.717) is 10.8 Å². The first-order valence-corrected chi connectivity index (χ1v) is 16.6. The van der Waals surface area contributed by atoms with Gasteiger partial charge in [-0.15, -0.1) is 11.8 Å². The highest BCUT2D eigenvalue weighted by atomic mass is 32.2. The molecule has 2 heterocycles. The van der Waals surface area contributed by atoms with Crippen LogP contribution in [0, 0.1) is 5.92 Å². The summed E-state index contributed by atoms with van der Waals surface area (Å²) < 4.78 is 18.2. The molecule has 3 N–H and O–H groups in total. The number of esters is 1. The van der Waals surface area contributed by atoms with Gasteiger partial charge in [-0.05, 0) is 59.0 Å². The molecule has 1 fully saturated rings. The SMILES string of the molecule is CC(=O)O[C@@H](C)C(=O)NCc1cccc(-c2cccc([C@H]3O[C@@H](CSc4ncccc4C(=O)O)[C@@H](C)[C@@H](c4ccc(CO)cc4)O3)c2)c1. The van der Waals surface area contributed by atoms with E-state index >= 15 is 0 Å². The molecule has 1 saturated heterocycles. The summed E-state index contributed by atoms with van der Waals surface area (Å²) in [5, 5.41) is 22.5. The molecule has 1 aliphatic heterocycles. The first kappa shape index (κ1) is 34.8. The molecule has 250 valence electrons. The second-order valence-electron chi connectivity index (χ2n) is 11.6. The Labute approximate surface area is 283 Å². The number of carbonyl (C=O) groups is 3. The zero-order chi connectivity index (χ0) is 34.2. The number of amides is 1. The van der Waals surface area contributed by atoms with E-state index in [1.165, 1.54) is 31.7 Å². The van der Waals surface area contributed by atoms with Crippen LogP contribution >= 0.6 is 11.8 Å². The Morgan fingerprint density at radius 1 is 0.938 bits per heavy atom. The lowest BCUT2D eigenvalue weighted by Crippen LogP contribution is -2.38. The Bertz CT molecular complexity index is 1750. The monoisotopic (exact) mass is 670 g/mol. The van der Waals surface area contributed by atoms with E-state index in [1.807, 2.05) is 72.8 Å². The van der Waals surface area contributed by atoms with Gasteiger partial charge in [-0.3, -0.25) is 9.59 Å². The normalized spacial score (nSPS) is 19.7. The van der Waals surface area contributed by atoms with Gasteiger partial charge in [-0.1, -0.05) is 67.6 Å². The Morgan fingerprint density at radius 2 is 1.67 bits per heavy atom. The third kappa shape index (κ3) is 8.67. The van der Waals surface area contributed by atoms with E-state index in [1.54, 1.807) is 12.3 Å². The van der Waals surface area contributed by atoms with Gasteiger partial charge in [0, 0.05) is 36.9 Å². The minimum atomic E-state index is -1.04. The van der Waals surface area contributed by atoms with Gasteiger partial charge in [0.25, 0.3) is 5.91 Å². The topological polar surface area (TPSA) is 144 Å². The van der Waals surface area contributed by atoms with Crippen LogP contribution in [-0.4, -0.2) is 51.0 Å². The molecule has 48 heavy (non-hydrogen) atoms. The lowest BCUT2D eigenvalue weighted by molar-refractivity contribution is -0.268. The van der Waals surface area contributed by atoms with Gasteiger partial charge in [-0.25, -0.2) is 9.78 Å². The third-order valence-electron chi connectivity index (χ3n) is 8.11. The molecule has 0 saturated carbocycles. The number of rotatable bonds is 12. The summed E-state index contributed by atoms with van der Waals surface area (Å²) >= 11 is 1.34. The highest BCUT2D eigenvalue weighted by molar-refractivity contribution is 7.99. The smallest absolute Gasteiger partial charge is 0.338 e. The van der Waals surface area contributed by atoms with Crippen molar-refractivity contribution in [2.45, 2.75) is 63.6 Å². The number of benzene rings is 3. The molecule has 5 atom stereocenters. The minimum Gasteiger partial charge on any atom is -0.478 e. The molecule has 0 spiro atoms. The molecule has 0 unspecified atom stereocenters. The van der Waals surface area contributed by atoms with E-state index in [4.69, 9.17) is 14.2 Å². The summed E-state index contributed by atoms with van der Waals surface area (Å²) in [4.78, 5) is 39.7. The first-order chi connectivity index (χ1) is 23.1. The number of carboxylic acid groups (broad SMARTS) is 1. The molecule has 0 bridgehead atoms. The summed E-state index contributed by atoms with van der Waals surface area (Å²) in [5.41, 5.74) is 5.43. The molecular formula is C37H38N2O8S. The Kier molecular flexibility index (Phi) is 11.6. The average Bonchev–Trinajstić information content (AvgIpc) is 3.10. The highest BCUT2D eigenvalue weighted by Crippen LogP contribution is 2.43. The van der Waals surface area contributed by atoms with E-state index in [9.17, 15) is 24.6 Å². The first-order valence-electron chi connectivity index (χ1n) is 15.6. The number of carboxylic acids is 1. The van der Waals surface area contributed by atoms with Crippen molar-refractivity contribution >= 4 is 29.6 Å². The number of carbonyl (C=O) groups excluding carboxylic acids is 2. The number of nitrogens with one attached hydrogen (secondary N) is 1. The van der Waals surface area contributed by atoms with Crippen LogP contribution in [0.2, 0.25) is 0 Å². The second-order valence-corrected chi connectivity index (χ2v) is 12.6. The van der Waals surface area contributed by atoms with E-state index in [2.05, 4.69) is 17.2 Å². The lowest BCUT2D eigenvalue weighted by Gasteiger charge is -2.41. The van der Waals surface area contributed by atoms with Gasteiger partial charge in [0.05, 0.1) is 24.4 Å². The Hall–Kier alpha value is -4.55. The zero-order valence-electron chi connectivity index (χ0n) is 26.9. The quantitative estimate of drug-likeness (QED) is 0.120. The van der Waals surface area contributed by atoms with Gasteiger partial charge in [0.15, 0.2) is 12.4 Å². The number of aliphatic hydroxyl groups excluding tert-OH is 1. The van der Waals surface area contributed by atoms with Gasteiger partial charge in [0.2, 0.25) is 0 Å². The number of hydrogen-bond acceptors (Lipinski definition) is 9. The standard InChI is InChI=1S/C37H38N2O8S/c1-22-32(21-48-35-31(36(43)44)11-6-16-38-35)46-37(47-33(22)27-14-12-25(20-40)13-15-27)30-10-5-9-29(18-30)28-8-4-7-26(17-28)19-39-34(42)23(2)45-24(3)41/h4-18,22-23,32-33,37,40H,19-21H2,1-3H3,(H,39,42)(H,43,44)/t22-,23+,32+,33+,37+/m1/s1. The predicted molar refractivity (Wildman–Crippen MR) is 180 cm³/mol. The predicted octanol–water partition coefficient (Wildman–Crippen LogP) is 6.09. The highest BCUT2D eigenvalue weighted by Gasteiger charge is 2.38. The number of ether oxygens (including phenoxy) is 3. The van der Waals surface area contributed by atoms with Crippen molar-refractivity contribution < 1.29 is 38.8 Å². The van der Waals surface area contributed by atoms with E-state index < -0.39 is 24.3 Å². The van der Waals surface area contributed by atoms with Crippen molar-refractivity contribution in [2.24, 2.45) is 5.92 Å². The van der Waals surface area contributed by atoms with E-state index in [-0.39, 0.29) is 42.7 Å². The van der Waals surface area contributed by atoms with Crippen LogP contribution in [0.3, 0.4) is 0 Å². The van der Waals surface area contributed by atoms with Crippen molar-refractivity contribution in [3.8, 4) is 11.1 Å². The number of aromatic nitrogens is 1. The van der Waals surface area contributed by atoms with Crippen molar-refractivity contribution in [1.82, 2.24) is 10.3 Å². The molecule has 10 nitrogen and oxygen atoms in total. The van der Waals surface area contributed by atoms with Gasteiger partial charge in [-0.2, -0.15) is 0 Å². The number of aliphatic hydroxyl groups is 1. The molecule has 5 rings (SSSR count). The molecule has 1 aliphatic rings. The summed E-state index contributed by atoms with van der Waals surface area (Å²) in [5.74, 6) is -1.58. The summed E-state index contributed by atoms with van der Waals surface area (Å²) in [7, 11) is 0. The second kappa shape index (κ2) is 16.0. The lowest BCUT2D eigenvalue weighted by atomic mass is 9.91. The van der Waals surface area contributed by atoms with Crippen molar-refractivity contribution in [2.75, 3.05) is 5.75 Å². The molecule has 4 aromatic rings. The van der Waals surface area contributed by atoms with Gasteiger partial charge >= 0.3 is 11.9 Å². The molecule has 3 aromatic carbocycles. The van der Waals surface area contributed by atoms with Crippen LogP contribution in [0.25, 0.3) is 11.1 Å². The van der Waals surface area contributed by atoms with Crippen LogP contribution in [0.5, 0.6) is 0 Å². The molecule has 11 heteroatoms. The average molecular weight is 671 g/mol. The summed E-state index contributed by atoms with van der Waals surface area (Å²) in [6, 6.07) is 26.5. The minimum absolute atomic E-state index is 0.0594. The van der Waals surface area contributed by atoms with Crippen LogP contribution in [-0.2, 0) is 37.0 Å². The van der Waals surface area contributed by atoms with Crippen LogP contribution in [0.4, 0.5) is 0 Å². The summed E-state index contributed by atoms with van der Waals surface area (Å²) in [6.07, 6.45) is -0.681. The van der Waals surface area contributed by atoms with E-state index in [0.717, 1.165) is 33.4 Å². The largest absolute Gasteiger partial charge is 0.478 e. The fraction of sp³-hybridized carbons (Fsp3) is 0.297. The fourth-order valence-corrected chi connectivity index (χ4v) is 6.65. The summed E-state index contributed by atoms with van der Waals surface area (Å²) in [6.45, 7) is 5.05. The van der Waals surface area contributed by atoms with Crippen molar-refractivity contribution in [3.63, 3.8) is 0 Å². The fourth-order valence-electron chi connectivity index (χ4n) is 5.50. The molecule has 1 amide bonds. The van der Waals surface area contributed by atoms with Crippen molar-refractivity contribution in [3.05, 3.63) is 119 Å². The number of thioether (sulfide) groups is 1. The zero-order valence-corrected chi connectivity index (χ0v) is 27.7. The third-order valence-corrected chi connectivity index (χ3v) is 9.20.